The van der Waals surface area contributed by atoms with E-state index in [1.807, 2.05) is 11.6 Å². The van der Waals surface area contributed by atoms with Crippen LogP contribution in [-0.2, 0) is 20.0 Å². The standard InChI is InChI=1S/C14H16ClN5/c1-10-3-4-11-12(7-10)20(13(17-11)5-6-15)8-14-18-16-9-19(14)2/h3-4,7,9H,5-6,8H2,1-2H3. The predicted molar refractivity (Wildman–Crippen MR) is 79.0 cm³/mol. The Kier molecular flexibility index (Phi) is 3.44. The predicted octanol–water partition coefficient (Wildman–Crippen LogP) is 2.30. The van der Waals surface area contributed by atoms with Crippen LogP contribution in [0.25, 0.3) is 11.0 Å². The molecule has 0 aliphatic rings. The monoisotopic (exact) mass is 289 g/mol. The minimum Gasteiger partial charge on any atom is -0.320 e. The molecule has 0 spiro atoms. The fraction of sp³-hybridized carbons (Fsp3) is 0.357. The summed E-state index contributed by atoms with van der Waals surface area (Å²) in [7, 11) is 1.95. The zero-order valence-corrected chi connectivity index (χ0v) is 12.3. The van der Waals surface area contributed by atoms with Crippen LogP contribution in [-0.4, -0.2) is 30.2 Å². The molecule has 2 heterocycles. The number of benzene rings is 1. The quantitative estimate of drug-likeness (QED) is 0.693. The largest absolute Gasteiger partial charge is 0.320 e. The molecule has 0 unspecified atom stereocenters. The van der Waals surface area contributed by atoms with E-state index in [0.29, 0.717) is 12.4 Å². The lowest BCUT2D eigenvalue weighted by Gasteiger charge is -2.08. The molecule has 0 saturated heterocycles. The maximum atomic E-state index is 5.89. The molecule has 6 heteroatoms. The number of rotatable bonds is 4. The Morgan fingerprint density at radius 2 is 2.10 bits per heavy atom. The number of aryl methyl sites for hydroxylation is 3. The van der Waals surface area contributed by atoms with Gasteiger partial charge in [0, 0.05) is 19.3 Å². The Hall–Kier alpha value is -1.88. The van der Waals surface area contributed by atoms with Gasteiger partial charge in [-0.05, 0) is 24.6 Å². The van der Waals surface area contributed by atoms with Gasteiger partial charge in [-0.2, -0.15) is 0 Å². The summed E-state index contributed by atoms with van der Waals surface area (Å²) in [6.45, 7) is 2.74. The number of hydrogen-bond donors (Lipinski definition) is 0. The summed E-state index contributed by atoms with van der Waals surface area (Å²) in [6, 6.07) is 6.28. The molecule has 0 saturated carbocycles. The van der Waals surface area contributed by atoms with Gasteiger partial charge in [-0.3, -0.25) is 0 Å². The maximum absolute atomic E-state index is 5.89. The zero-order valence-electron chi connectivity index (χ0n) is 11.5. The van der Waals surface area contributed by atoms with Crippen LogP contribution in [0.2, 0.25) is 0 Å². The Labute approximate surface area is 122 Å². The van der Waals surface area contributed by atoms with Gasteiger partial charge in [0.15, 0.2) is 5.82 Å². The number of halogens is 1. The number of aromatic nitrogens is 5. The maximum Gasteiger partial charge on any atom is 0.152 e. The molecule has 104 valence electrons. The van der Waals surface area contributed by atoms with E-state index in [4.69, 9.17) is 11.6 Å². The van der Waals surface area contributed by atoms with E-state index in [9.17, 15) is 0 Å². The third-order valence-electron chi connectivity index (χ3n) is 3.41. The van der Waals surface area contributed by atoms with Crippen molar-refractivity contribution in [3.05, 3.63) is 41.7 Å². The van der Waals surface area contributed by atoms with Gasteiger partial charge in [-0.1, -0.05) is 6.07 Å². The van der Waals surface area contributed by atoms with Gasteiger partial charge in [0.25, 0.3) is 0 Å². The molecule has 0 radical (unpaired) electrons. The molecule has 0 aliphatic carbocycles. The minimum absolute atomic E-state index is 0.557. The molecule has 20 heavy (non-hydrogen) atoms. The van der Waals surface area contributed by atoms with Crippen molar-refractivity contribution in [1.82, 2.24) is 24.3 Å². The number of fused-ring (bicyclic) bond motifs is 1. The first kappa shape index (κ1) is 13.1. The van der Waals surface area contributed by atoms with Gasteiger partial charge in [0.1, 0.15) is 12.2 Å². The van der Waals surface area contributed by atoms with E-state index >= 15 is 0 Å². The van der Waals surface area contributed by atoms with Gasteiger partial charge in [-0.25, -0.2) is 4.98 Å². The van der Waals surface area contributed by atoms with Crippen molar-refractivity contribution >= 4 is 22.6 Å². The van der Waals surface area contributed by atoms with Crippen LogP contribution in [0.1, 0.15) is 17.2 Å². The molecule has 3 aromatic rings. The van der Waals surface area contributed by atoms with Crippen LogP contribution in [0, 0.1) is 6.92 Å². The third-order valence-corrected chi connectivity index (χ3v) is 3.59. The molecule has 1 aromatic carbocycles. The summed E-state index contributed by atoms with van der Waals surface area (Å²) >= 11 is 5.89. The van der Waals surface area contributed by atoms with E-state index < -0.39 is 0 Å². The van der Waals surface area contributed by atoms with Gasteiger partial charge >= 0.3 is 0 Å². The average Bonchev–Trinajstić information content (AvgIpc) is 2.96. The highest BCUT2D eigenvalue weighted by atomic mass is 35.5. The lowest BCUT2D eigenvalue weighted by atomic mass is 10.2. The number of imidazole rings is 1. The fourth-order valence-electron chi connectivity index (χ4n) is 2.33. The first-order valence-corrected chi connectivity index (χ1v) is 7.07. The number of nitrogens with zero attached hydrogens (tertiary/aromatic N) is 5. The second-order valence-electron chi connectivity index (χ2n) is 4.90. The summed E-state index contributed by atoms with van der Waals surface area (Å²) in [5.41, 5.74) is 3.33. The summed E-state index contributed by atoms with van der Waals surface area (Å²) < 4.78 is 4.10. The molecule has 0 N–H and O–H groups in total. The normalized spacial score (nSPS) is 11.3. The fourth-order valence-corrected chi connectivity index (χ4v) is 2.50. The molecule has 0 bridgehead atoms. The van der Waals surface area contributed by atoms with E-state index in [0.717, 1.165) is 29.1 Å². The summed E-state index contributed by atoms with van der Waals surface area (Å²) in [4.78, 5) is 4.67. The van der Waals surface area contributed by atoms with Gasteiger partial charge in [-0.15, -0.1) is 21.8 Å². The highest BCUT2D eigenvalue weighted by molar-refractivity contribution is 6.17. The van der Waals surface area contributed by atoms with Crippen molar-refractivity contribution in [2.24, 2.45) is 7.05 Å². The molecule has 2 aromatic heterocycles. The molecule has 0 atom stereocenters. The van der Waals surface area contributed by atoms with E-state index in [1.54, 1.807) is 6.33 Å². The molecule has 0 amide bonds. The van der Waals surface area contributed by atoms with Crippen LogP contribution < -0.4 is 0 Å². The Morgan fingerprint density at radius 1 is 1.25 bits per heavy atom. The highest BCUT2D eigenvalue weighted by Gasteiger charge is 2.13. The van der Waals surface area contributed by atoms with Crippen molar-refractivity contribution in [1.29, 1.82) is 0 Å². The topological polar surface area (TPSA) is 48.5 Å². The average molecular weight is 290 g/mol. The number of hydrogen-bond acceptors (Lipinski definition) is 3. The smallest absolute Gasteiger partial charge is 0.152 e. The molecular formula is C14H16ClN5. The van der Waals surface area contributed by atoms with Crippen molar-refractivity contribution in [2.45, 2.75) is 19.9 Å². The summed E-state index contributed by atoms with van der Waals surface area (Å²) in [6.07, 6.45) is 2.45. The first-order valence-electron chi connectivity index (χ1n) is 6.53. The second kappa shape index (κ2) is 5.25. The van der Waals surface area contributed by atoms with Crippen LogP contribution in [0.4, 0.5) is 0 Å². The molecule has 3 rings (SSSR count). The molecular weight excluding hydrogens is 274 g/mol. The van der Waals surface area contributed by atoms with Crippen LogP contribution >= 0.6 is 11.6 Å². The Morgan fingerprint density at radius 3 is 2.80 bits per heavy atom. The SMILES string of the molecule is Cc1ccc2nc(CCCl)n(Cc3nncn3C)c2c1. The van der Waals surface area contributed by atoms with E-state index in [1.165, 1.54) is 5.56 Å². The first-order chi connectivity index (χ1) is 9.69. The van der Waals surface area contributed by atoms with E-state index in [-0.39, 0.29) is 0 Å². The third kappa shape index (κ3) is 2.29. The van der Waals surface area contributed by atoms with Gasteiger partial charge in [0.05, 0.1) is 17.6 Å². The van der Waals surface area contributed by atoms with Gasteiger partial charge < -0.3 is 9.13 Å². The van der Waals surface area contributed by atoms with E-state index in [2.05, 4.69) is 44.9 Å². The Balaban J connectivity index is 2.12. The van der Waals surface area contributed by atoms with Gasteiger partial charge in [0.2, 0.25) is 0 Å². The second-order valence-corrected chi connectivity index (χ2v) is 5.28. The van der Waals surface area contributed by atoms with Crippen LogP contribution in [0.15, 0.2) is 24.5 Å². The lowest BCUT2D eigenvalue weighted by Crippen LogP contribution is -2.09. The van der Waals surface area contributed by atoms with Crippen molar-refractivity contribution < 1.29 is 0 Å². The number of alkyl halides is 1. The van der Waals surface area contributed by atoms with Crippen molar-refractivity contribution in [3.63, 3.8) is 0 Å². The van der Waals surface area contributed by atoms with Crippen molar-refractivity contribution in [3.8, 4) is 0 Å². The molecule has 5 nitrogen and oxygen atoms in total. The summed E-state index contributed by atoms with van der Waals surface area (Å²) in [5, 5.41) is 8.08. The molecule has 0 aliphatic heterocycles. The van der Waals surface area contributed by atoms with Crippen LogP contribution in [0.5, 0.6) is 0 Å². The summed E-state index contributed by atoms with van der Waals surface area (Å²) in [5.74, 6) is 2.45. The zero-order chi connectivity index (χ0) is 14.1. The highest BCUT2D eigenvalue weighted by Crippen LogP contribution is 2.19. The Bertz CT molecular complexity index is 743. The van der Waals surface area contributed by atoms with Crippen LogP contribution in [0.3, 0.4) is 0 Å². The minimum atomic E-state index is 0.557. The molecule has 0 fully saturated rings. The lowest BCUT2D eigenvalue weighted by molar-refractivity contribution is 0.680. The van der Waals surface area contributed by atoms with Crippen molar-refractivity contribution in [2.75, 3.05) is 5.88 Å².